The summed E-state index contributed by atoms with van der Waals surface area (Å²) >= 11 is 0. The maximum absolute atomic E-state index is 12.4. The van der Waals surface area contributed by atoms with Gasteiger partial charge in [0.15, 0.2) is 25.6 Å². The number of amides is 2. The number of hydrogen-bond acceptors (Lipinski definition) is 9. The minimum absolute atomic E-state index is 0.112. The Hall–Kier alpha value is -5.98. The van der Waals surface area contributed by atoms with Gasteiger partial charge in [0.05, 0.1) is 18.2 Å². The lowest BCUT2D eigenvalue weighted by Gasteiger charge is -2.22. The molecule has 4 N–H and O–H groups in total. The number of nitrogens with zero attached hydrogens (tertiary/aromatic N) is 2. The van der Waals surface area contributed by atoms with Gasteiger partial charge in [-0.05, 0) is 42.6 Å². The molecule has 48 heavy (non-hydrogen) atoms. The molecule has 252 valence electrons. The van der Waals surface area contributed by atoms with E-state index in [4.69, 9.17) is 18.6 Å². The Morgan fingerprint density at radius 1 is 0.875 bits per heavy atom. The van der Waals surface area contributed by atoms with Crippen LogP contribution in [0.25, 0.3) is 33.4 Å². The van der Waals surface area contributed by atoms with Gasteiger partial charge in [-0.25, -0.2) is 19.0 Å². The number of carbonyl (C=O) groups is 3. The van der Waals surface area contributed by atoms with Crippen LogP contribution in [0.5, 0.6) is 0 Å². The molecule has 4 rings (SSSR count). The Kier molecular flexibility index (Phi) is 12.0. The predicted molar refractivity (Wildman–Crippen MR) is 183 cm³/mol. The van der Waals surface area contributed by atoms with Crippen molar-refractivity contribution in [2.75, 3.05) is 65.5 Å². The number of ether oxygens (including phenoxy) is 3. The van der Waals surface area contributed by atoms with Gasteiger partial charge in [0.1, 0.15) is 24.6 Å². The minimum Gasteiger partial charge on any atom is -0.478 e. The Bertz CT molecular complexity index is 1830. The Balaban J connectivity index is 1.91. The first-order chi connectivity index (χ1) is 23.2. The first-order valence-electron chi connectivity index (χ1n) is 15.2. The lowest BCUT2D eigenvalue weighted by molar-refractivity contribution is 0.0697. The molecular weight excluding hydrogens is 618 g/mol. The molecule has 0 radical (unpaired) electrons. The summed E-state index contributed by atoms with van der Waals surface area (Å²) in [6.07, 6.45) is 0.544. The standard InChI is InChI=1S/C35H39N5O8/c1-6-39(15-19-46-34(43)37-4)24-11-13-28-30(21-24)48-31-22-25(40(16-18-45-23(2)36-3)17-20-47-35(44)38-5)12-14-29(31)32(28)26-9-7-8-10-27(26)33(41)42/h6-14,21-22,36H,1-2,15-20H2,3-5H3,(H2-,37,38,41,42,43,44)/p+1. The highest BCUT2D eigenvalue weighted by molar-refractivity contribution is 6.07. The number of carbonyl (C=O) groups excluding carboxylic acids is 2. The van der Waals surface area contributed by atoms with Crippen LogP contribution in [-0.4, -0.2) is 83.9 Å². The van der Waals surface area contributed by atoms with E-state index in [2.05, 4.69) is 29.1 Å². The number of hydrogen-bond donors (Lipinski definition) is 4. The second-order valence-corrected chi connectivity index (χ2v) is 10.3. The fraction of sp³-hybridized carbons (Fsp3) is 0.257. The molecular formula is C35H40N5O8+. The number of alkyl carbamates (subject to hydrolysis) is 2. The Morgan fingerprint density at radius 2 is 1.56 bits per heavy atom. The van der Waals surface area contributed by atoms with E-state index in [1.165, 1.54) is 14.1 Å². The molecule has 0 saturated carbocycles. The number of rotatable bonds is 15. The fourth-order valence-corrected chi connectivity index (χ4v) is 5.10. The summed E-state index contributed by atoms with van der Waals surface area (Å²) in [6.45, 7) is 9.36. The molecule has 2 aliphatic rings. The number of anilines is 1. The molecule has 0 saturated heterocycles. The number of benzene rings is 3. The third-order valence-corrected chi connectivity index (χ3v) is 7.52. The predicted octanol–water partition coefficient (Wildman–Crippen LogP) is 4.04. The number of carboxylic acid groups (broad SMARTS) is 1. The van der Waals surface area contributed by atoms with Crippen LogP contribution in [-0.2, 0) is 14.2 Å². The molecule has 0 bridgehead atoms. The fourth-order valence-electron chi connectivity index (χ4n) is 5.10. The van der Waals surface area contributed by atoms with E-state index < -0.39 is 18.2 Å². The molecule has 1 heterocycles. The van der Waals surface area contributed by atoms with E-state index in [-0.39, 0.29) is 18.8 Å². The second kappa shape index (κ2) is 16.5. The first-order valence-corrected chi connectivity index (χ1v) is 15.2. The molecule has 2 aromatic rings. The van der Waals surface area contributed by atoms with E-state index in [1.54, 1.807) is 37.5 Å². The normalized spacial score (nSPS) is 11.3. The summed E-state index contributed by atoms with van der Waals surface area (Å²) in [6, 6.07) is 18.1. The van der Waals surface area contributed by atoms with Crippen LogP contribution < -0.4 is 30.8 Å². The van der Waals surface area contributed by atoms with Gasteiger partial charge in [0.25, 0.3) is 0 Å². The van der Waals surface area contributed by atoms with Crippen LogP contribution in [0.2, 0.25) is 0 Å². The van der Waals surface area contributed by atoms with Gasteiger partial charge < -0.3 is 44.6 Å². The van der Waals surface area contributed by atoms with Crippen LogP contribution >= 0.6 is 0 Å². The summed E-state index contributed by atoms with van der Waals surface area (Å²) in [7, 11) is 4.69. The quantitative estimate of drug-likeness (QED) is 0.0836. The van der Waals surface area contributed by atoms with E-state index in [0.717, 1.165) is 11.0 Å². The smallest absolute Gasteiger partial charge is 0.407 e. The number of fused-ring (bicyclic) bond motifs is 2. The van der Waals surface area contributed by atoms with Crippen molar-refractivity contribution in [1.29, 1.82) is 0 Å². The van der Waals surface area contributed by atoms with Crippen molar-refractivity contribution in [3.63, 3.8) is 0 Å². The van der Waals surface area contributed by atoms with Crippen LogP contribution in [0.1, 0.15) is 10.4 Å². The van der Waals surface area contributed by atoms with Crippen LogP contribution in [0.15, 0.2) is 90.3 Å². The topological polar surface area (TPSA) is 155 Å². The molecule has 2 aromatic carbocycles. The Labute approximate surface area is 278 Å². The van der Waals surface area contributed by atoms with Gasteiger partial charge in [-0.15, -0.1) is 0 Å². The van der Waals surface area contributed by atoms with Crippen molar-refractivity contribution in [1.82, 2.24) is 20.5 Å². The van der Waals surface area contributed by atoms with E-state index in [1.807, 2.05) is 45.9 Å². The summed E-state index contributed by atoms with van der Waals surface area (Å²) in [5.74, 6) is -0.138. The third-order valence-electron chi connectivity index (χ3n) is 7.52. The highest BCUT2D eigenvalue weighted by Gasteiger charge is 2.23. The maximum atomic E-state index is 12.4. The highest BCUT2D eigenvalue weighted by atomic mass is 16.6. The Morgan fingerprint density at radius 3 is 2.23 bits per heavy atom. The van der Waals surface area contributed by atoms with Crippen molar-refractivity contribution in [3.8, 4) is 22.5 Å². The summed E-state index contributed by atoms with van der Waals surface area (Å²) in [5.41, 5.74) is 3.30. The molecule has 1 aliphatic carbocycles. The molecule has 0 spiro atoms. The molecule has 0 aromatic heterocycles. The van der Waals surface area contributed by atoms with Gasteiger partial charge >= 0.3 is 18.2 Å². The van der Waals surface area contributed by atoms with Gasteiger partial charge in [-0.3, -0.25) is 0 Å². The van der Waals surface area contributed by atoms with Gasteiger partial charge in [0.2, 0.25) is 5.36 Å². The zero-order valence-electron chi connectivity index (χ0n) is 27.2. The van der Waals surface area contributed by atoms with Crippen molar-refractivity contribution in [2.24, 2.45) is 0 Å². The molecule has 13 nitrogen and oxygen atoms in total. The zero-order chi connectivity index (χ0) is 34.6. The lowest BCUT2D eigenvalue weighted by atomic mass is 9.90. The van der Waals surface area contributed by atoms with Crippen LogP contribution in [0.4, 0.5) is 15.3 Å². The van der Waals surface area contributed by atoms with Crippen molar-refractivity contribution < 1.29 is 38.1 Å². The summed E-state index contributed by atoms with van der Waals surface area (Å²) < 4.78 is 24.6. The average Bonchev–Trinajstić information content (AvgIpc) is 3.10. The molecule has 13 heteroatoms. The van der Waals surface area contributed by atoms with Gasteiger partial charge in [-0.1, -0.05) is 24.8 Å². The van der Waals surface area contributed by atoms with Crippen molar-refractivity contribution >= 4 is 34.8 Å². The van der Waals surface area contributed by atoms with Crippen LogP contribution in [0.3, 0.4) is 0 Å². The number of aromatic carboxylic acids is 1. The molecule has 0 unspecified atom stereocenters. The van der Waals surface area contributed by atoms with Gasteiger partial charge in [0, 0.05) is 55.5 Å². The van der Waals surface area contributed by atoms with Crippen molar-refractivity contribution in [3.05, 3.63) is 96.8 Å². The highest BCUT2D eigenvalue weighted by Crippen LogP contribution is 2.42. The largest absolute Gasteiger partial charge is 0.478 e. The third kappa shape index (κ3) is 8.43. The molecule has 2 amide bonds. The average molecular weight is 659 g/mol. The van der Waals surface area contributed by atoms with E-state index in [0.29, 0.717) is 65.5 Å². The maximum Gasteiger partial charge on any atom is 0.407 e. The zero-order valence-corrected chi connectivity index (χ0v) is 27.2. The first kappa shape index (κ1) is 34.9. The molecule has 1 aliphatic heterocycles. The number of nitrogens with one attached hydrogen (secondary N) is 3. The molecule has 0 fully saturated rings. The second-order valence-electron chi connectivity index (χ2n) is 10.3. The van der Waals surface area contributed by atoms with E-state index >= 15 is 0 Å². The number of carboxylic acids is 1. The monoisotopic (exact) mass is 658 g/mol. The summed E-state index contributed by atoms with van der Waals surface area (Å²) in [4.78, 5) is 37.5. The van der Waals surface area contributed by atoms with Crippen LogP contribution in [0, 0.1) is 0 Å². The van der Waals surface area contributed by atoms with Gasteiger partial charge in [-0.2, -0.15) is 0 Å². The van der Waals surface area contributed by atoms with Crippen molar-refractivity contribution in [2.45, 2.75) is 0 Å². The minimum atomic E-state index is -1.06. The lowest BCUT2D eigenvalue weighted by Crippen LogP contribution is -2.37. The SMILES string of the molecule is C=CN(CCOC(=O)NC)c1ccc2c(-c3ccccc3C(=O)O)c3ccc(=[N+](CCOC(=C)NC)CCOC(=O)NC)cc-3oc2c1. The molecule has 0 atom stereocenters. The van der Waals surface area contributed by atoms with E-state index in [9.17, 15) is 19.5 Å². The summed E-state index contributed by atoms with van der Waals surface area (Å²) in [5, 5.41) is 19.3.